The molecule has 2 aromatic carbocycles. The number of amides is 1. The molecule has 0 spiro atoms. The van der Waals surface area contributed by atoms with Crippen LogP contribution in [-0.4, -0.2) is 15.7 Å². The van der Waals surface area contributed by atoms with E-state index in [4.69, 9.17) is 17.4 Å². The van der Waals surface area contributed by atoms with Gasteiger partial charge in [0.1, 0.15) is 0 Å². The van der Waals surface area contributed by atoms with Gasteiger partial charge in [-0.2, -0.15) is 5.10 Å². The van der Waals surface area contributed by atoms with Gasteiger partial charge in [-0.05, 0) is 30.3 Å². The fourth-order valence-corrected chi connectivity index (χ4v) is 2.28. The van der Waals surface area contributed by atoms with E-state index in [0.29, 0.717) is 5.02 Å². The number of carbonyl (C=O) groups excluding carboxylic acids is 1. The predicted molar refractivity (Wildman–Crippen MR) is 85.7 cm³/mol. The van der Waals surface area contributed by atoms with Gasteiger partial charge in [-0.25, -0.2) is 10.5 Å². The largest absolute Gasteiger partial charge is 0.289 e. The standard InChI is InChI=1S/C16H13ClN4O/c17-12-8-6-11(7-9-12)15-10-14(16(22)19-18)20-21(15)13-4-2-1-3-5-13/h1-10H,18H2,(H,19,22). The van der Waals surface area contributed by atoms with Crippen LogP contribution >= 0.6 is 11.6 Å². The van der Waals surface area contributed by atoms with Gasteiger partial charge >= 0.3 is 0 Å². The number of rotatable bonds is 3. The first-order chi connectivity index (χ1) is 10.7. The highest BCUT2D eigenvalue weighted by Crippen LogP contribution is 2.25. The molecule has 0 aliphatic carbocycles. The number of hydrogen-bond acceptors (Lipinski definition) is 3. The minimum Gasteiger partial charge on any atom is -0.289 e. The van der Waals surface area contributed by atoms with Gasteiger partial charge in [-0.15, -0.1) is 0 Å². The van der Waals surface area contributed by atoms with Gasteiger partial charge in [0.15, 0.2) is 5.69 Å². The first-order valence-electron chi connectivity index (χ1n) is 6.61. The summed E-state index contributed by atoms with van der Waals surface area (Å²) in [5, 5.41) is 4.99. The highest BCUT2D eigenvalue weighted by Gasteiger charge is 2.15. The van der Waals surface area contributed by atoms with Crippen LogP contribution in [0.2, 0.25) is 5.02 Å². The predicted octanol–water partition coefficient (Wildman–Crippen LogP) is 2.80. The fraction of sp³-hybridized carbons (Fsp3) is 0. The Balaban J connectivity index is 2.17. The van der Waals surface area contributed by atoms with Crippen LogP contribution in [0.3, 0.4) is 0 Å². The number of halogens is 1. The number of benzene rings is 2. The van der Waals surface area contributed by atoms with E-state index in [2.05, 4.69) is 10.5 Å². The molecule has 1 amide bonds. The number of hydrogen-bond donors (Lipinski definition) is 2. The molecule has 0 atom stereocenters. The van der Waals surface area contributed by atoms with E-state index in [1.807, 2.05) is 42.5 Å². The van der Waals surface area contributed by atoms with E-state index < -0.39 is 5.91 Å². The minimum atomic E-state index is -0.440. The third kappa shape index (κ3) is 2.72. The fourth-order valence-electron chi connectivity index (χ4n) is 2.16. The second-order valence-corrected chi connectivity index (χ2v) is 5.08. The molecule has 0 saturated carbocycles. The van der Waals surface area contributed by atoms with Crippen LogP contribution < -0.4 is 11.3 Å². The summed E-state index contributed by atoms with van der Waals surface area (Å²) >= 11 is 5.93. The molecule has 110 valence electrons. The van der Waals surface area contributed by atoms with Crippen molar-refractivity contribution in [3.63, 3.8) is 0 Å². The summed E-state index contributed by atoms with van der Waals surface area (Å²) in [6.07, 6.45) is 0. The Bertz CT molecular complexity index is 797. The molecule has 6 heteroatoms. The summed E-state index contributed by atoms with van der Waals surface area (Å²) in [6.45, 7) is 0. The number of aromatic nitrogens is 2. The number of nitrogens with zero attached hydrogens (tertiary/aromatic N) is 2. The monoisotopic (exact) mass is 312 g/mol. The van der Waals surface area contributed by atoms with Gasteiger partial charge in [0.25, 0.3) is 5.91 Å². The Labute approximate surface area is 132 Å². The molecule has 3 aromatic rings. The summed E-state index contributed by atoms with van der Waals surface area (Å²) < 4.78 is 1.70. The van der Waals surface area contributed by atoms with Crippen molar-refractivity contribution in [2.75, 3.05) is 0 Å². The lowest BCUT2D eigenvalue weighted by Gasteiger charge is -2.07. The Kier molecular flexibility index (Phi) is 3.91. The Morgan fingerprint density at radius 2 is 1.77 bits per heavy atom. The van der Waals surface area contributed by atoms with Gasteiger partial charge in [-0.3, -0.25) is 10.2 Å². The third-order valence-corrected chi connectivity index (χ3v) is 3.47. The van der Waals surface area contributed by atoms with Crippen molar-refractivity contribution in [3.8, 4) is 16.9 Å². The topological polar surface area (TPSA) is 72.9 Å². The molecule has 22 heavy (non-hydrogen) atoms. The molecule has 3 N–H and O–H groups in total. The number of nitrogens with two attached hydrogens (primary N) is 1. The molecule has 0 aliphatic heterocycles. The van der Waals surface area contributed by atoms with Crippen molar-refractivity contribution >= 4 is 17.5 Å². The lowest BCUT2D eigenvalue weighted by Crippen LogP contribution is -2.30. The number of hydrazine groups is 1. The van der Waals surface area contributed by atoms with E-state index in [1.165, 1.54) is 0 Å². The maximum Gasteiger partial charge on any atom is 0.285 e. The minimum absolute atomic E-state index is 0.247. The average Bonchev–Trinajstić information content (AvgIpc) is 3.01. The van der Waals surface area contributed by atoms with Gasteiger partial charge in [0, 0.05) is 10.6 Å². The van der Waals surface area contributed by atoms with E-state index in [-0.39, 0.29) is 5.69 Å². The molecular weight excluding hydrogens is 300 g/mol. The molecule has 0 fully saturated rings. The molecule has 0 bridgehead atoms. The zero-order valence-corrected chi connectivity index (χ0v) is 12.3. The quantitative estimate of drug-likeness (QED) is 0.444. The van der Waals surface area contributed by atoms with Gasteiger partial charge < -0.3 is 0 Å². The van der Waals surface area contributed by atoms with Crippen LogP contribution in [0.4, 0.5) is 0 Å². The number of nitrogen functional groups attached to an aromatic ring is 1. The molecule has 0 radical (unpaired) electrons. The van der Waals surface area contributed by atoms with Crippen LogP contribution in [0.15, 0.2) is 60.7 Å². The second-order valence-electron chi connectivity index (χ2n) is 4.64. The summed E-state index contributed by atoms with van der Waals surface area (Å²) in [5.74, 6) is 4.75. The second kappa shape index (κ2) is 6.01. The van der Waals surface area contributed by atoms with Crippen molar-refractivity contribution in [1.29, 1.82) is 0 Å². The van der Waals surface area contributed by atoms with Gasteiger partial charge in [0.2, 0.25) is 0 Å². The molecule has 0 saturated heterocycles. The molecule has 1 heterocycles. The van der Waals surface area contributed by atoms with Crippen molar-refractivity contribution in [3.05, 3.63) is 71.4 Å². The maximum atomic E-state index is 11.8. The average molecular weight is 313 g/mol. The van der Waals surface area contributed by atoms with Crippen LogP contribution in [-0.2, 0) is 0 Å². The SMILES string of the molecule is NNC(=O)c1cc(-c2ccc(Cl)cc2)n(-c2ccccc2)n1. The molecule has 5 nitrogen and oxygen atoms in total. The normalized spacial score (nSPS) is 10.5. The number of nitrogens with one attached hydrogen (secondary N) is 1. The number of para-hydroxylation sites is 1. The molecule has 1 aromatic heterocycles. The Morgan fingerprint density at radius 1 is 1.09 bits per heavy atom. The summed E-state index contributed by atoms with van der Waals surface area (Å²) in [5.41, 5.74) is 4.87. The first-order valence-corrected chi connectivity index (χ1v) is 6.99. The molecular formula is C16H13ClN4O. The van der Waals surface area contributed by atoms with Crippen LogP contribution in [0.1, 0.15) is 10.5 Å². The van der Waals surface area contributed by atoms with Crippen LogP contribution in [0.5, 0.6) is 0 Å². The third-order valence-electron chi connectivity index (χ3n) is 3.21. The van der Waals surface area contributed by atoms with Crippen LogP contribution in [0, 0.1) is 0 Å². The van der Waals surface area contributed by atoms with Gasteiger partial charge in [0.05, 0.1) is 11.4 Å². The van der Waals surface area contributed by atoms with Crippen LogP contribution in [0.25, 0.3) is 16.9 Å². The maximum absolute atomic E-state index is 11.8. The number of carbonyl (C=O) groups is 1. The summed E-state index contributed by atoms with van der Waals surface area (Å²) in [7, 11) is 0. The highest BCUT2D eigenvalue weighted by atomic mass is 35.5. The zero-order chi connectivity index (χ0) is 15.5. The van der Waals surface area contributed by atoms with E-state index in [0.717, 1.165) is 16.9 Å². The van der Waals surface area contributed by atoms with Crippen molar-refractivity contribution in [1.82, 2.24) is 15.2 Å². The summed E-state index contributed by atoms with van der Waals surface area (Å²) in [4.78, 5) is 11.8. The first kappa shape index (κ1) is 14.3. The molecule has 0 aliphatic rings. The molecule has 3 rings (SSSR count). The van der Waals surface area contributed by atoms with E-state index in [9.17, 15) is 4.79 Å². The lowest BCUT2D eigenvalue weighted by molar-refractivity contribution is 0.0948. The zero-order valence-electron chi connectivity index (χ0n) is 11.5. The van der Waals surface area contributed by atoms with Crippen molar-refractivity contribution < 1.29 is 4.79 Å². The Hall–Kier alpha value is -2.63. The molecule has 0 unspecified atom stereocenters. The van der Waals surface area contributed by atoms with Crippen molar-refractivity contribution in [2.24, 2.45) is 5.84 Å². The van der Waals surface area contributed by atoms with E-state index in [1.54, 1.807) is 22.9 Å². The van der Waals surface area contributed by atoms with Crippen molar-refractivity contribution in [2.45, 2.75) is 0 Å². The van der Waals surface area contributed by atoms with Gasteiger partial charge in [-0.1, -0.05) is 41.9 Å². The lowest BCUT2D eigenvalue weighted by atomic mass is 10.1. The highest BCUT2D eigenvalue weighted by molar-refractivity contribution is 6.30. The Morgan fingerprint density at radius 3 is 2.41 bits per heavy atom. The smallest absolute Gasteiger partial charge is 0.285 e. The summed E-state index contributed by atoms with van der Waals surface area (Å²) in [6, 6.07) is 18.6. The van der Waals surface area contributed by atoms with E-state index >= 15 is 0 Å².